The molecule has 1 N–H and O–H groups in total. The molecule has 0 aliphatic carbocycles. The molecule has 2 fully saturated rings. The summed E-state index contributed by atoms with van der Waals surface area (Å²) in [6.07, 6.45) is 4.61. The molecule has 4 nitrogen and oxygen atoms in total. The van der Waals surface area contributed by atoms with Crippen molar-refractivity contribution in [1.29, 1.82) is 0 Å². The van der Waals surface area contributed by atoms with Gasteiger partial charge in [-0.15, -0.1) is 0 Å². The van der Waals surface area contributed by atoms with Crippen LogP contribution in [0.3, 0.4) is 0 Å². The van der Waals surface area contributed by atoms with E-state index in [-0.39, 0.29) is 18.3 Å². The van der Waals surface area contributed by atoms with Crippen LogP contribution in [-0.4, -0.2) is 42.3 Å². The third kappa shape index (κ3) is 3.53. The van der Waals surface area contributed by atoms with E-state index in [0.717, 1.165) is 38.8 Å². The fourth-order valence-electron chi connectivity index (χ4n) is 3.37. The van der Waals surface area contributed by atoms with Crippen LogP contribution in [0.1, 0.15) is 53.4 Å². The van der Waals surface area contributed by atoms with E-state index in [2.05, 4.69) is 37.9 Å². The van der Waals surface area contributed by atoms with E-state index in [9.17, 15) is 4.79 Å². The van der Waals surface area contributed by atoms with Gasteiger partial charge >= 0.3 is 0 Å². The Hall–Kier alpha value is -0.610. The average Bonchev–Trinajstić information content (AvgIpc) is 2.89. The summed E-state index contributed by atoms with van der Waals surface area (Å²) in [6, 6.07) is 0.0291. The zero-order valence-corrected chi connectivity index (χ0v) is 13.4. The van der Waals surface area contributed by atoms with Crippen LogP contribution < -0.4 is 5.32 Å². The lowest BCUT2D eigenvalue weighted by atomic mass is 10.0. The van der Waals surface area contributed by atoms with Crippen molar-refractivity contribution >= 4 is 5.91 Å². The number of hydrogen-bond donors (Lipinski definition) is 1. The second kappa shape index (κ2) is 6.90. The average molecular weight is 282 g/mol. The highest BCUT2D eigenvalue weighted by Gasteiger charge is 2.40. The molecular formula is C16H30N2O2. The van der Waals surface area contributed by atoms with E-state index >= 15 is 0 Å². The Morgan fingerprint density at radius 1 is 1.45 bits per heavy atom. The van der Waals surface area contributed by atoms with Gasteiger partial charge in [0.25, 0.3) is 0 Å². The Labute approximate surface area is 123 Å². The third-order valence-electron chi connectivity index (χ3n) is 4.59. The van der Waals surface area contributed by atoms with Gasteiger partial charge in [-0.1, -0.05) is 27.2 Å². The van der Waals surface area contributed by atoms with Crippen LogP contribution in [0, 0.1) is 11.8 Å². The maximum Gasteiger partial charge on any atom is 0.241 e. The quantitative estimate of drug-likeness (QED) is 0.813. The van der Waals surface area contributed by atoms with Crippen molar-refractivity contribution in [3.05, 3.63) is 0 Å². The van der Waals surface area contributed by atoms with E-state index in [4.69, 9.17) is 4.74 Å². The number of rotatable bonds is 6. The lowest BCUT2D eigenvalue weighted by Gasteiger charge is -2.29. The van der Waals surface area contributed by atoms with Crippen molar-refractivity contribution in [1.82, 2.24) is 10.2 Å². The second-order valence-electron chi connectivity index (χ2n) is 6.77. The van der Waals surface area contributed by atoms with Crippen molar-refractivity contribution in [2.75, 3.05) is 13.2 Å². The van der Waals surface area contributed by atoms with Gasteiger partial charge in [-0.25, -0.2) is 0 Å². The molecule has 4 atom stereocenters. The number of ether oxygens (including phenoxy) is 1. The molecule has 2 rings (SSSR count). The van der Waals surface area contributed by atoms with Crippen molar-refractivity contribution in [3.63, 3.8) is 0 Å². The zero-order valence-electron chi connectivity index (χ0n) is 13.4. The maximum absolute atomic E-state index is 12.6. The van der Waals surface area contributed by atoms with Gasteiger partial charge in [-0.3, -0.25) is 10.1 Å². The first-order valence-corrected chi connectivity index (χ1v) is 8.21. The van der Waals surface area contributed by atoms with Crippen molar-refractivity contribution in [2.45, 2.75) is 71.7 Å². The standard InChI is InChI=1S/C16H30N2O2/c1-5-6-14-16(19)18(15(17-14)9-11(2)3)10-13-7-8-20-12(13)4/h11-15,17H,5-10H2,1-4H3. The summed E-state index contributed by atoms with van der Waals surface area (Å²) in [5.41, 5.74) is 0. The van der Waals surface area contributed by atoms with Gasteiger partial charge in [0.15, 0.2) is 0 Å². The Kier molecular flexibility index (Phi) is 5.44. The zero-order chi connectivity index (χ0) is 14.7. The summed E-state index contributed by atoms with van der Waals surface area (Å²) in [7, 11) is 0. The van der Waals surface area contributed by atoms with Gasteiger partial charge in [-0.05, 0) is 32.1 Å². The number of carbonyl (C=O) groups excluding carboxylic acids is 1. The minimum Gasteiger partial charge on any atom is -0.378 e. The SMILES string of the molecule is CCCC1NC(CC(C)C)N(CC2CCOC2C)C1=O. The summed E-state index contributed by atoms with van der Waals surface area (Å²) in [4.78, 5) is 14.7. The number of hydrogen-bond acceptors (Lipinski definition) is 3. The van der Waals surface area contributed by atoms with E-state index in [0.29, 0.717) is 17.7 Å². The molecule has 20 heavy (non-hydrogen) atoms. The topological polar surface area (TPSA) is 41.6 Å². The predicted molar refractivity (Wildman–Crippen MR) is 80.3 cm³/mol. The molecule has 0 saturated carbocycles. The lowest BCUT2D eigenvalue weighted by molar-refractivity contribution is -0.131. The normalized spacial score (nSPS) is 34.5. The van der Waals surface area contributed by atoms with Crippen LogP contribution in [0.5, 0.6) is 0 Å². The van der Waals surface area contributed by atoms with Gasteiger partial charge in [0, 0.05) is 19.1 Å². The van der Waals surface area contributed by atoms with Gasteiger partial charge in [0.1, 0.15) is 0 Å². The molecule has 116 valence electrons. The molecule has 2 aliphatic rings. The summed E-state index contributed by atoms with van der Waals surface area (Å²) in [6.45, 7) is 10.4. The molecule has 2 heterocycles. The van der Waals surface area contributed by atoms with Gasteiger partial charge in [0.05, 0.1) is 18.3 Å². The van der Waals surface area contributed by atoms with Crippen LogP contribution in [0.2, 0.25) is 0 Å². The van der Waals surface area contributed by atoms with E-state index in [1.807, 2.05) is 0 Å². The summed E-state index contributed by atoms with van der Waals surface area (Å²) in [5.74, 6) is 1.40. The largest absolute Gasteiger partial charge is 0.378 e. The first kappa shape index (κ1) is 15.8. The van der Waals surface area contributed by atoms with Crippen LogP contribution in [0.15, 0.2) is 0 Å². The van der Waals surface area contributed by atoms with Gasteiger partial charge in [0.2, 0.25) is 5.91 Å². The number of nitrogens with zero attached hydrogens (tertiary/aromatic N) is 1. The highest BCUT2D eigenvalue weighted by atomic mass is 16.5. The highest BCUT2D eigenvalue weighted by molar-refractivity contribution is 5.84. The molecule has 0 spiro atoms. The minimum atomic E-state index is 0.0291. The van der Waals surface area contributed by atoms with Crippen molar-refractivity contribution < 1.29 is 9.53 Å². The predicted octanol–water partition coefficient (Wildman–Crippen LogP) is 2.38. The van der Waals surface area contributed by atoms with Crippen LogP contribution >= 0.6 is 0 Å². The molecular weight excluding hydrogens is 252 g/mol. The molecule has 2 aliphatic heterocycles. The van der Waals surface area contributed by atoms with Crippen LogP contribution in [-0.2, 0) is 9.53 Å². The monoisotopic (exact) mass is 282 g/mol. The summed E-state index contributed by atoms with van der Waals surface area (Å²) < 4.78 is 5.64. The molecule has 0 aromatic rings. The smallest absolute Gasteiger partial charge is 0.241 e. The number of amides is 1. The molecule has 4 heteroatoms. The number of nitrogens with one attached hydrogen (secondary N) is 1. The maximum atomic E-state index is 12.6. The highest BCUT2D eigenvalue weighted by Crippen LogP contribution is 2.26. The van der Waals surface area contributed by atoms with Crippen LogP contribution in [0.25, 0.3) is 0 Å². The molecule has 4 unspecified atom stereocenters. The first-order valence-electron chi connectivity index (χ1n) is 8.21. The molecule has 2 saturated heterocycles. The molecule has 0 bridgehead atoms. The van der Waals surface area contributed by atoms with Crippen molar-refractivity contribution in [3.8, 4) is 0 Å². The van der Waals surface area contributed by atoms with Crippen molar-refractivity contribution in [2.24, 2.45) is 11.8 Å². The summed E-state index contributed by atoms with van der Waals surface area (Å²) in [5, 5.41) is 3.55. The van der Waals surface area contributed by atoms with E-state index in [1.54, 1.807) is 0 Å². The Morgan fingerprint density at radius 3 is 2.75 bits per heavy atom. The molecule has 0 aromatic heterocycles. The van der Waals surface area contributed by atoms with Gasteiger partial charge < -0.3 is 9.64 Å². The first-order chi connectivity index (χ1) is 9.52. The molecule has 1 amide bonds. The Bertz CT molecular complexity index is 332. The van der Waals surface area contributed by atoms with E-state index < -0.39 is 0 Å². The van der Waals surface area contributed by atoms with E-state index in [1.165, 1.54) is 0 Å². The number of carbonyl (C=O) groups is 1. The Morgan fingerprint density at radius 2 is 2.20 bits per heavy atom. The van der Waals surface area contributed by atoms with Crippen LogP contribution in [0.4, 0.5) is 0 Å². The Balaban J connectivity index is 2.02. The molecule has 0 aromatic carbocycles. The fourth-order valence-corrected chi connectivity index (χ4v) is 3.37. The fraction of sp³-hybridized carbons (Fsp3) is 0.938. The molecule has 0 radical (unpaired) electrons. The summed E-state index contributed by atoms with van der Waals surface area (Å²) >= 11 is 0. The lowest BCUT2D eigenvalue weighted by Crippen LogP contribution is -2.42. The minimum absolute atomic E-state index is 0.0291. The van der Waals surface area contributed by atoms with Gasteiger partial charge in [-0.2, -0.15) is 0 Å². The third-order valence-corrected chi connectivity index (χ3v) is 4.59. The second-order valence-corrected chi connectivity index (χ2v) is 6.77.